The second-order valence-electron chi connectivity index (χ2n) is 4.25. The van der Waals surface area contributed by atoms with Crippen LogP contribution in [0.15, 0.2) is 29.3 Å². The average molecular weight is 220 g/mol. The lowest BCUT2D eigenvalue weighted by atomic mass is 10.1. The SMILES string of the molecule is COc1cccc(CC(N)=NCC(C)C)c1. The van der Waals surface area contributed by atoms with E-state index in [4.69, 9.17) is 10.5 Å². The maximum absolute atomic E-state index is 5.85. The number of amidine groups is 1. The molecule has 88 valence electrons. The molecule has 0 radical (unpaired) electrons. The summed E-state index contributed by atoms with van der Waals surface area (Å²) in [6.45, 7) is 5.04. The van der Waals surface area contributed by atoms with Gasteiger partial charge in [-0.2, -0.15) is 0 Å². The van der Waals surface area contributed by atoms with Crippen LogP contribution in [0.4, 0.5) is 0 Å². The van der Waals surface area contributed by atoms with Crippen LogP contribution >= 0.6 is 0 Å². The summed E-state index contributed by atoms with van der Waals surface area (Å²) in [5.74, 6) is 2.08. The van der Waals surface area contributed by atoms with Gasteiger partial charge < -0.3 is 10.5 Å². The first kappa shape index (κ1) is 12.6. The van der Waals surface area contributed by atoms with Gasteiger partial charge in [-0.1, -0.05) is 26.0 Å². The maximum Gasteiger partial charge on any atom is 0.119 e. The van der Waals surface area contributed by atoms with Gasteiger partial charge in [-0.25, -0.2) is 0 Å². The van der Waals surface area contributed by atoms with Crippen molar-refractivity contribution in [1.82, 2.24) is 0 Å². The van der Waals surface area contributed by atoms with Crippen molar-refractivity contribution in [3.05, 3.63) is 29.8 Å². The molecule has 0 aromatic heterocycles. The molecule has 3 nitrogen and oxygen atoms in total. The topological polar surface area (TPSA) is 47.6 Å². The first-order valence-corrected chi connectivity index (χ1v) is 5.53. The molecule has 1 aromatic rings. The molecule has 16 heavy (non-hydrogen) atoms. The first-order chi connectivity index (χ1) is 7.61. The zero-order valence-electron chi connectivity index (χ0n) is 10.2. The fourth-order valence-electron chi connectivity index (χ4n) is 1.35. The molecule has 3 heteroatoms. The highest BCUT2D eigenvalue weighted by atomic mass is 16.5. The van der Waals surface area contributed by atoms with E-state index in [0.29, 0.717) is 18.2 Å². The monoisotopic (exact) mass is 220 g/mol. The van der Waals surface area contributed by atoms with Crippen molar-refractivity contribution in [1.29, 1.82) is 0 Å². The predicted molar refractivity (Wildman–Crippen MR) is 68.0 cm³/mol. The number of nitrogens with zero attached hydrogens (tertiary/aromatic N) is 1. The van der Waals surface area contributed by atoms with Crippen LogP contribution in [0.1, 0.15) is 19.4 Å². The fraction of sp³-hybridized carbons (Fsp3) is 0.462. The van der Waals surface area contributed by atoms with Gasteiger partial charge in [-0.15, -0.1) is 0 Å². The molecule has 2 N–H and O–H groups in total. The Kier molecular flexibility index (Phi) is 4.83. The molecule has 0 bridgehead atoms. The van der Waals surface area contributed by atoms with E-state index in [9.17, 15) is 0 Å². The Hall–Kier alpha value is -1.51. The van der Waals surface area contributed by atoms with Crippen LogP contribution in [-0.2, 0) is 6.42 Å². The second kappa shape index (κ2) is 6.16. The number of methoxy groups -OCH3 is 1. The number of nitrogens with two attached hydrogens (primary N) is 1. The van der Waals surface area contributed by atoms with Crippen molar-refractivity contribution in [2.75, 3.05) is 13.7 Å². The first-order valence-electron chi connectivity index (χ1n) is 5.53. The zero-order chi connectivity index (χ0) is 12.0. The molecule has 1 aromatic carbocycles. The fourth-order valence-corrected chi connectivity index (χ4v) is 1.35. The van der Waals surface area contributed by atoms with Crippen molar-refractivity contribution < 1.29 is 4.74 Å². The van der Waals surface area contributed by atoms with Crippen LogP contribution in [0, 0.1) is 5.92 Å². The van der Waals surface area contributed by atoms with Crippen LogP contribution in [0.5, 0.6) is 5.75 Å². The summed E-state index contributed by atoms with van der Waals surface area (Å²) in [6.07, 6.45) is 0.684. The van der Waals surface area contributed by atoms with Gasteiger partial charge in [0.05, 0.1) is 12.9 Å². The van der Waals surface area contributed by atoms with E-state index in [2.05, 4.69) is 18.8 Å². The number of aliphatic imine (C=N–C) groups is 1. The smallest absolute Gasteiger partial charge is 0.119 e. The minimum Gasteiger partial charge on any atom is -0.497 e. The molecule has 0 fully saturated rings. The van der Waals surface area contributed by atoms with E-state index in [1.54, 1.807) is 7.11 Å². The third-order valence-electron chi connectivity index (χ3n) is 2.18. The number of benzene rings is 1. The summed E-state index contributed by atoms with van der Waals surface area (Å²) in [5.41, 5.74) is 6.98. The Morgan fingerprint density at radius 2 is 2.19 bits per heavy atom. The van der Waals surface area contributed by atoms with Gasteiger partial charge in [0.1, 0.15) is 5.75 Å². The standard InChI is InChI=1S/C13H20N2O/c1-10(2)9-15-13(14)8-11-5-4-6-12(7-11)16-3/h4-7,10H,8-9H2,1-3H3,(H2,14,15). The Morgan fingerprint density at radius 3 is 2.81 bits per heavy atom. The van der Waals surface area contributed by atoms with Gasteiger partial charge in [0, 0.05) is 13.0 Å². The lowest BCUT2D eigenvalue weighted by molar-refractivity contribution is 0.414. The van der Waals surface area contributed by atoms with Crippen molar-refractivity contribution >= 4 is 5.84 Å². The largest absolute Gasteiger partial charge is 0.497 e. The van der Waals surface area contributed by atoms with E-state index in [0.717, 1.165) is 17.9 Å². The van der Waals surface area contributed by atoms with Gasteiger partial charge in [-0.05, 0) is 23.6 Å². The van der Waals surface area contributed by atoms with E-state index in [1.807, 2.05) is 24.3 Å². The Balaban J connectivity index is 2.61. The third-order valence-corrected chi connectivity index (χ3v) is 2.18. The van der Waals surface area contributed by atoms with Gasteiger partial charge in [0.15, 0.2) is 0 Å². The van der Waals surface area contributed by atoms with Crippen LogP contribution in [0.25, 0.3) is 0 Å². The molecular formula is C13H20N2O. The maximum atomic E-state index is 5.85. The van der Waals surface area contributed by atoms with E-state index >= 15 is 0 Å². The van der Waals surface area contributed by atoms with E-state index in [-0.39, 0.29) is 0 Å². The quantitative estimate of drug-likeness (QED) is 0.611. The summed E-state index contributed by atoms with van der Waals surface area (Å²) in [7, 11) is 1.66. The lowest BCUT2D eigenvalue weighted by Gasteiger charge is -2.05. The summed E-state index contributed by atoms with van der Waals surface area (Å²) in [5, 5.41) is 0. The summed E-state index contributed by atoms with van der Waals surface area (Å²) < 4.78 is 5.15. The molecule has 0 spiro atoms. The summed E-state index contributed by atoms with van der Waals surface area (Å²) in [6, 6.07) is 7.90. The van der Waals surface area contributed by atoms with Crippen LogP contribution in [0.3, 0.4) is 0 Å². The molecule has 0 amide bonds. The number of hydrogen-bond acceptors (Lipinski definition) is 2. The van der Waals surface area contributed by atoms with E-state index < -0.39 is 0 Å². The van der Waals surface area contributed by atoms with Crippen molar-refractivity contribution in [2.45, 2.75) is 20.3 Å². The molecular weight excluding hydrogens is 200 g/mol. The van der Waals surface area contributed by atoms with Crippen LogP contribution in [-0.4, -0.2) is 19.5 Å². The summed E-state index contributed by atoms with van der Waals surface area (Å²) in [4.78, 5) is 4.33. The summed E-state index contributed by atoms with van der Waals surface area (Å²) >= 11 is 0. The molecule has 0 saturated heterocycles. The number of ether oxygens (including phenoxy) is 1. The van der Waals surface area contributed by atoms with E-state index in [1.165, 1.54) is 0 Å². The molecule has 0 aliphatic rings. The van der Waals surface area contributed by atoms with Gasteiger partial charge in [0.25, 0.3) is 0 Å². The Morgan fingerprint density at radius 1 is 1.44 bits per heavy atom. The zero-order valence-corrected chi connectivity index (χ0v) is 10.2. The van der Waals surface area contributed by atoms with Gasteiger partial charge in [-0.3, -0.25) is 4.99 Å². The Labute approximate surface area is 97.3 Å². The molecule has 0 saturated carbocycles. The minimum absolute atomic E-state index is 0.545. The lowest BCUT2D eigenvalue weighted by Crippen LogP contribution is -2.16. The normalized spacial score (nSPS) is 11.9. The van der Waals surface area contributed by atoms with Gasteiger partial charge >= 0.3 is 0 Å². The highest BCUT2D eigenvalue weighted by Gasteiger charge is 1.99. The van der Waals surface area contributed by atoms with Crippen LogP contribution in [0.2, 0.25) is 0 Å². The van der Waals surface area contributed by atoms with Crippen molar-refractivity contribution in [2.24, 2.45) is 16.6 Å². The highest BCUT2D eigenvalue weighted by Crippen LogP contribution is 2.12. The number of hydrogen-bond donors (Lipinski definition) is 1. The molecule has 0 aliphatic carbocycles. The molecule has 0 atom stereocenters. The Bertz CT molecular complexity index is 359. The van der Waals surface area contributed by atoms with Crippen molar-refractivity contribution in [3.8, 4) is 5.75 Å². The number of rotatable bonds is 5. The molecule has 0 aliphatic heterocycles. The van der Waals surface area contributed by atoms with Crippen LogP contribution < -0.4 is 10.5 Å². The average Bonchev–Trinajstić information content (AvgIpc) is 2.26. The molecule has 0 heterocycles. The molecule has 1 rings (SSSR count). The van der Waals surface area contributed by atoms with Crippen molar-refractivity contribution in [3.63, 3.8) is 0 Å². The predicted octanol–water partition coefficient (Wildman–Crippen LogP) is 2.25. The highest BCUT2D eigenvalue weighted by molar-refractivity contribution is 5.82. The third kappa shape index (κ3) is 4.34. The molecule has 0 unspecified atom stereocenters. The second-order valence-corrected chi connectivity index (χ2v) is 4.25. The minimum atomic E-state index is 0.545. The van der Waals surface area contributed by atoms with Gasteiger partial charge in [0.2, 0.25) is 0 Å².